The Morgan fingerprint density at radius 2 is 1.75 bits per heavy atom. The molecule has 10 heteroatoms. The molecule has 0 aromatic heterocycles. The lowest BCUT2D eigenvalue weighted by Crippen LogP contribution is -2.55. The van der Waals surface area contributed by atoms with Crippen LogP contribution in [-0.4, -0.2) is 72.6 Å². The van der Waals surface area contributed by atoms with Crippen molar-refractivity contribution in [1.82, 2.24) is 14.5 Å². The third-order valence-electron chi connectivity index (χ3n) is 6.33. The molecule has 174 valence electrons. The van der Waals surface area contributed by atoms with Crippen LogP contribution >= 0.6 is 0 Å². The van der Waals surface area contributed by atoms with E-state index in [0.717, 1.165) is 17.7 Å². The summed E-state index contributed by atoms with van der Waals surface area (Å²) in [6.45, 7) is 5.79. The van der Waals surface area contributed by atoms with Gasteiger partial charge in [0.05, 0.1) is 16.9 Å². The van der Waals surface area contributed by atoms with Crippen LogP contribution in [0.1, 0.15) is 60.7 Å². The van der Waals surface area contributed by atoms with Crippen LogP contribution < -0.4 is 5.32 Å². The second kappa shape index (κ2) is 7.84. The molecule has 1 aromatic carbocycles. The van der Waals surface area contributed by atoms with E-state index >= 15 is 0 Å². The van der Waals surface area contributed by atoms with Crippen molar-refractivity contribution < 1.29 is 27.5 Å². The molecule has 32 heavy (non-hydrogen) atoms. The molecule has 3 amide bonds. The highest BCUT2D eigenvalue weighted by Gasteiger charge is 2.55. The van der Waals surface area contributed by atoms with Crippen molar-refractivity contribution in [2.75, 3.05) is 25.4 Å². The van der Waals surface area contributed by atoms with Crippen LogP contribution in [0.2, 0.25) is 0 Å². The number of amides is 3. The first kappa shape index (κ1) is 22.7. The van der Waals surface area contributed by atoms with Gasteiger partial charge in [-0.25, -0.2) is 17.5 Å². The van der Waals surface area contributed by atoms with Crippen molar-refractivity contribution in [3.8, 4) is 0 Å². The van der Waals surface area contributed by atoms with Gasteiger partial charge in [-0.05, 0) is 52.2 Å². The van der Waals surface area contributed by atoms with E-state index in [-0.39, 0.29) is 30.3 Å². The summed E-state index contributed by atoms with van der Waals surface area (Å²) in [5.74, 6) is -1.24. The van der Waals surface area contributed by atoms with Gasteiger partial charge in [0.2, 0.25) is 10.0 Å². The first-order valence-electron chi connectivity index (χ1n) is 10.8. The average molecular weight is 464 g/mol. The molecule has 1 spiro atoms. The van der Waals surface area contributed by atoms with Crippen molar-refractivity contribution >= 4 is 27.9 Å². The Labute approximate surface area is 188 Å². The normalized spacial score (nSPS) is 22.7. The third kappa shape index (κ3) is 4.38. The fraction of sp³-hybridized carbons (Fsp3) is 0.591. The number of hydrogen-bond acceptors (Lipinski definition) is 6. The van der Waals surface area contributed by atoms with E-state index < -0.39 is 33.5 Å². The average Bonchev–Trinajstić information content (AvgIpc) is 3.42. The zero-order valence-corrected chi connectivity index (χ0v) is 19.4. The fourth-order valence-corrected chi connectivity index (χ4v) is 5.99. The van der Waals surface area contributed by atoms with Gasteiger partial charge in [-0.15, -0.1) is 0 Å². The Kier molecular flexibility index (Phi) is 5.57. The lowest BCUT2D eigenvalue weighted by molar-refractivity contribution is 0.0448. The summed E-state index contributed by atoms with van der Waals surface area (Å²) in [7, 11) is -3.67. The van der Waals surface area contributed by atoms with Crippen molar-refractivity contribution in [3.63, 3.8) is 0 Å². The number of hydrogen-bond donors (Lipinski definition) is 1. The lowest BCUT2D eigenvalue weighted by atomic mass is 9.90. The number of ether oxygens (including phenoxy) is 1. The van der Waals surface area contributed by atoms with Crippen LogP contribution in [0.4, 0.5) is 4.79 Å². The molecule has 0 radical (unpaired) electrons. The molecule has 2 fully saturated rings. The fourth-order valence-electron chi connectivity index (χ4n) is 4.48. The van der Waals surface area contributed by atoms with Gasteiger partial charge in [-0.3, -0.25) is 14.5 Å². The number of piperidine rings is 1. The maximum atomic E-state index is 13.0. The second-order valence-electron chi connectivity index (χ2n) is 9.81. The van der Waals surface area contributed by atoms with Crippen molar-refractivity contribution in [3.05, 3.63) is 35.4 Å². The Morgan fingerprint density at radius 3 is 2.28 bits per heavy atom. The van der Waals surface area contributed by atoms with Gasteiger partial charge < -0.3 is 10.1 Å². The number of benzene rings is 1. The topological polar surface area (TPSA) is 113 Å². The first-order valence-corrected chi connectivity index (χ1v) is 12.5. The standard InChI is InChI=1S/C22H29N3O6S/c1-21(2,3)31-20(28)23-17-8-11-24(14-22(17)9-10-22)32(29,30)13-12-25-18(26)15-6-4-5-7-16(15)19(25)27/h4-7,17H,8-14H2,1-3H3,(H,23,28). The number of fused-ring (bicyclic) bond motifs is 1. The molecule has 1 saturated heterocycles. The number of sulfonamides is 1. The van der Waals surface area contributed by atoms with E-state index in [0.29, 0.717) is 24.1 Å². The largest absolute Gasteiger partial charge is 0.444 e. The van der Waals surface area contributed by atoms with Crippen LogP contribution in [0.3, 0.4) is 0 Å². The van der Waals surface area contributed by atoms with Crippen molar-refractivity contribution in [1.29, 1.82) is 0 Å². The summed E-state index contributed by atoms with van der Waals surface area (Å²) in [6.07, 6.45) is 1.66. The summed E-state index contributed by atoms with van der Waals surface area (Å²) in [6, 6.07) is 6.36. The van der Waals surface area contributed by atoms with Crippen LogP contribution in [-0.2, 0) is 14.8 Å². The van der Waals surface area contributed by atoms with Crippen LogP contribution in [0, 0.1) is 5.41 Å². The number of imide groups is 1. The van der Waals surface area contributed by atoms with Crippen molar-refractivity contribution in [2.45, 2.75) is 51.7 Å². The van der Waals surface area contributed by atoms with E-state index in [2.05, 4.69) is 5.32 Å². The maximum Gasteiger partial charge on any atom is 0.407 e. The van der Waals surface area contributed by atoms with E-state index in [4.69, 9.17) is 4.74 Å². The minimum atomic E-state index is -3.67. The lowest BCUT2D eigenvalue weighted by Gasteiger charge is -2.39. The molecule has 1 N–H and O–H groups in total. The zero-order valence-electron chi connectivity index (χ0n) is 18.6. The molecule has 0 bridgehead atoms. The monoisotopic (exact) mass is 463 g/mol. The maximum absolute atomic E-state index is 13.0. The van der Waals surface area contributed by atoms with Gasteiger partial charge in [-0.2, -0.15) is 0 Å². The number of nitrogens with one attached hydrogen (secondary N) is 1. The Hall–Kier alpha value is -2.46. The molecular weight excluding hydrogens is 434 g/mol. The van der Waals surface area contributed by atoms with Gasteiger partial charge in [0.25, 0.3) is 11.8 Å². The number of nitrogens with zero attached hydrogens (tertiary/aromatic N) is 2. The summed E-state index contributed by atoms with van der Waals surface area (Å²) < 4.78 is 32.8. The highest BCUT2D eigenvalue weighted by molar-refractivity contribution is 7.89. The summed E-state index contributed by atoms with van der Waals surface area (Å²) in [5, 5.41) is 2.92. The molecule has 1 unspecified atom stereocenters. The minimum absolute atomic E-state index is 0.139. The minimum Gasteiger partial charge on any atom is -0.444 e. The number of alkyl carbamates (subject to hydrolysis) is 1. The zero-order chi connectivity index (χ0) is 23.3. The number of carbonyl (C=O) groups excluding carboxylic acids is 3. The van der Waals surface area contributed by atoms with E-state index in [1.165, 1.54) is 4.31 Å². The van der Waals surface area contributed by atoms with E-state index in [1.807, 2.05) is 0 Å². The van der Waals surface area contributed by atoms with Gasteiger partial charge in [0, 0.05) is 31.1 Å². The molecule has 2 aliphatic heterocycles. The molecule has 1 aliphatic carbocycles. The van der Waals surface area contributed by atoms with Crippen LogP contribution in [0.5, 0.6) is 0 Å². The summed E-state index contributed by atoms with van der Waals surface area (Å²) in [5.41, 5.74) is -0.270. The molecule has 2 heterocycles. The molecule has 1 aromatic rings. The van der Waals surface area contributed by atoms with Gasteiger partial charge in [0.15, 0.2) is 0 Å². The van der Waals surface area contributed by atoms with Gasteiger partial charge in [0.1, 0.15) is 5.60 Å². The highest BCUT2D eigenvalue weighted by atomic mass is 32.2. The number of carbonyl (C=O) groups is 3. The molecular formula is C22H29N3O6S. The van der Waals surface area contributed by atoms with Crippen LogP contribution in [0.15, 0.2) is 24.3 Å². The second-order valence-corrected chi connectivity index (χ2v) is 11.9. The molecule has 1 atom stereocenters. The van der Waals surface area contributed by atoms with Crippen molar-refractivity contribution in [2.24, 2.45) is 5.41 Å². The first-order chi connectivity index (χ1) is 14.9. The van der Waals surface area contributed by atoms with E-state index in [9.17, 15) is 22.8 Å². The Bertz CT molecular complexity index is 1020. The summed E-state index contributed by atoms with van der Waals surface area (Å²) >= 11 is 0. The quantitative estimate of drug-likeness (QED) is 0.668. The highest BCUT2D eigenvalue weighted by Crippen LogP contribution is 2.52. The Morgan fingerprint density at radius 1 is 1.16 bits per heavy atom. The van der Waals surface area contributed by atoms with E-state index in [1.54, 1.807) is 45.0 Å². The Balaban J connectivity index is 1.36. The summed E-state index contributed by atoms with van der Waals surface area (Å²) in [4.78, 5) is 38.2. The molecule has 4 rings (SSSR count). The smallest absolute Gasteiger partial charge is 0.407 e. The third-order valence-corrected chi connectivity index (χ3v) is 8.12. The molecule has 9 nitrogen and oxygen atoms in total. The predicted molar refractivity (Wildman–Crippen MR) is 117 cm³/mol. The van der Waals surface area contributed by atoms with Gasteiger partial charge >= 0.3 is 6.09 Å². The van der Waals surface area contributed by atoms with Gasteiger partial charge in [-0.1, -0.05) is 12.1 Å². The predicted octanol–water partition coefficient (Wildman–Crippen LogP) is 1.99. The number of rotatable bonds is 5. The van der Waals surface area contributed by atoms with Crippen LogP contribution in [0.25, 0.3) is 0 Å². The SMILES string of the molecule is CC(C)(C)OC(=O)NC1CCN(S(=O)(=O)CCN2C(=O)c3ccccc3C2=O)CC12CC2. The molecule has 1 saturated carbocycles. The molecule has 3 aliphatic rings.